The molecule has 12 heteroatoms. The van der Waals surface area contributed by atoms with Gasteiger partial charge in [-0.05, 0) is 74.5 Å². The summed E-state index contributed by atoms with van der Waals surface area (Å²) in [6.45, 7) is 6.61. The molecule has 3 rings (SSSR count). The number of hydrogen-bond donors (Lipinski definition) is 3. The van der Waals surface area contributed by atoms with Gasteiger partial charge < -0.3 is 24.8 Å². The first-order valence-corrected chi connectivity index (χ1v) is 13.5. The van der Waals surface area contributed by atoms with Crippen molar-refractivity contribution in [2.45, 2.75) is 64.5 Å². The van der Waals surface area contributed by atoms with Gasteiger partial charge in [0.1, 0.15) is 11.5 Å². The molecule has 0 aliphatic carbocycles. The molecule has 0 saturated carbocycles. The maximum absolute atomic E-state index is 13.8. The van der Waals surface area contributed by atoms with Gasteiger partial charge in [0.05, 0.1) is 6.04 Å². The minimum atomic E-state index is -5.08. The van der Waals surface area contributed by atoms with Gasteiger partial charge in [-0.25, -0.2) is 9.36 Å². The van der Waals surface area contributed by atoms with Gasteiger partial charge in [0.2, 0.25) is 5.91 Å². The molecule has 0 radical (unpaired) electrons. The molecule has 1 saturated heterocycles. The smallest absolute Gasteiger partial charge is 0.475 e. The fourth-order valence-electron chi connectivity index (χ4n) is 3.34. The molecule has 2 atom stereocenters. The first kappa shape index (κ1) is 30.2. The van der Waals surface area contributed by atoms with Crippen molar-refractivity contribution in [1.82, 2.24) is 10.6 Å². The van der Waals surface area contributed by atoms with Crippen molar-refractivity contribution in [3.63, 3.8) is 0 Å². The highest BCUT2D eigenvalue weighted by Gasteiger charge is 2.39. The van der Waals surface area contributed by atoms with Crippen LogP contribution in [0.5, 0.6) is 11.5 Å². The third kappa shape index (κ3) is 9.40. The summed E-state index contributed by atoms with van der Waals surface area (Å²) in [5.41, 5.74) is 2.31. The fraction of sp³-hybridized carbons (Fsp3) is 0.440. The van der Waals surface area contributed by atoms with Gasteiger partial charge >= 0.3 is 19.7 Å². The van der Waals surface area contributed by atoms with Crippen LogP contribution in [0.3, 0.4) is 0 Å². The average Bonchev–Trinajstić information content (AvgIpc) is 3.40. The van der Waals surface area contributed by atoms with Crippen LogP contribution in [0.15, 0.2) is 48.5 Å². The number of carbonyl (C=O) groups excluding carboxylic acids is 1. The van der Waals surface area contributed by atoms with Gasteiger partial charge in [0.25, 0.3) is 0 Å². The van der Waals surface area contributed by atoms with Crippen LogP contribution in [-0.2, 0) is 27.0 Å². The molecule has 1 fully saturated rings. The molecule has 1 aliphatic rings. The number of amides is 1. The number of nitrogens with one attached hydrogen (secondary N) is 2. The predicted molar refractivity (Wildman–Crippen MR) is 133 cm³/mol. The Labute approximate surface area is 214 Å². The Bertz CT molecular complexity index is 1020. The first-order chi connectivity index (χ1) is 17.4. The van der Waals surface area contributed by atoms with Gasteiger partial charge in [-0.1, -0.05) is 38.1 Å². The maximum Gasteiger partial charge on any atom is 0.490 e. The van der Waals surface area contributed by atoms with E-state index < -0.39 is 25.5 Å². The van der Waals surface area contributed by atoms with Crippen LogP contribution in [0.4, 0.5) is 13.2 Å². The summed E-state index contributed by atoms with van der Waals surface area (Å²) in [6.07, 6.45) is -1.57. The average molecular weight is 545 g/mol. The van der Waals surface area contributed by atoms with E-state index in [2.05, 4.69) is 24.5 Å². The van der Waals surface area contributed by atoms with E-state index in [1.54, 1.807) is 31.2 Å². The van der Waals surface area contributed by atoms with Crippen LogP contribution in [0.25, 0.3) is 0 Å². The number of aliphatic carboxylic acids is 1. The second kappa shape index (κ2) is 13.5. The van der Waals surface area contributed by atoms with E-state index in [1.807, 2.05) is 24.3 Å². The Morgan fingerprint density at radius 1 is 1.03 bits per heavy atom. The Balaban J connectivity index is 0.000000604. The van der Waals surface area contributed by atoms with E-state index in [1.165, 1.54) is 0 Å². The van der Waals surface area contributed by atoms with Crippen LogP contribution >= 0.6 is 7.60 Å². The van der Waals surface area contributed by atoms with Crippen molar-refractivity contribution in [1.29, 1.82) is 0 Å². The second-order valence-electron chi connectivity index (χ2n) is 8.35. The van der Waals surface area contributed by atoms with Gasteiger partial charge in [-0.15, -0.1) is 0 Å². The predicted octanol–water partition coefficient (Wildman–Crippen LogP) is 5.31. The van der Waals surface area contributed by atoms with Crippen LogP contribution in [0.2, 0.25) is 0 Å². The van der Waals surface area contributed by atoms with Gasteiger partial charge in [0.15, 0.2) is 5.78 Å². The van der Waals surface area contributed by atoms with Crippen molar-refractivity contribution in [3.05, 3.63) is 59.7 Å². The van der Waals surface area contributed by atoms with Crippen LogP contribution in [0.1, 0.15) is 44.7 Å². The normalized spacial score (nSPS) is 16.2. The number of carbonyl (C=O) groups is 2. The summed E-state index contributed by atoms with van der Waals surface area (Å²) in [5, 5.41) is 13.1. The Kier molecular flexibility index (Phi) is 11.0. The van der Waals surface area contributed by atoms with Gasteiger partial charge in [-0.2, -0.15) is 13.2 Å². The summed E-state index contributed by atoms with van der Waals surface area (Å²) in [5.74, 6) is -2.87. The standard InChI is InChI=1S/C23H31N2O4P.C2HF3O2/c1-4-18-8-12-20(13-9-18)28-30(27,29-21-14-10-19(5-2)11-15-21)17(3)25-23(26)22-7-6-16-24-22;3-2(4,5)1(6)7/h8-15,17,22,24H,4-7,16H2,1-3H3,(H,25,26);(H,6,7)/t17?,22-;/m0./s1. The van der Waals surface area contributed by atoms with E-state index in [4.69, 9.17) is 18.9 Å². The molecule has 2 aromatic carbocycles. The zero-order chi connectivity index (χ0) is 27.6. The van der Waals surface area contributed by atoms with E-state index in [0.717, 1.165) is 43.4 Å². The molecule has 2 aromatic rings. The number of carboxylic acid groups (broad SMARTS) is 1. The number of hydrogen-bond acceptors (Lipinski definition) is 6. The lowest BCUT2D eigenvalue weighted by atomic mass is 10.2. The zero-order valence-electron chi connectivity index (χ0n) is 20.9. The van der Waals surface area contributed by atoms with Gasteiger partial charge in [-0.3, -0.25) is 4.79 Å². The summed E-state index contributed by atoms with van der Waals surface area (Å²) in [6, 6.07) is 14.6. The molecule has 3 N–H and O–H groups in total. The quantitative estimate of drug-likeness (QED) is 0.367. The zero-order valence-corrected chi connectivity index (χ0v) is 21.8. The Morgan fingerprint density at radius 2 is 1.46 bits per heavy atom. The molecule has 0 spiro atoms. The topological polar surface area (TPSA) is 114 Å². The van der Waals surface area contributed by atoms with Crippen molar-refractivity contribution >= 4 is 19.5 Å². The van der Waals surface area contributed by atoms with E-state index >= 15 is 0 Å². The minimum absolute atomic E-state index is 0.185. The number of alkyl halides is 3. The SMILES string of the molecule is CCc1ccc(OP(=O)(Oc2ccc(CC)cc2)C(C)NC(=O)[C@@H]2CCCN2)cc1.O=C(O)C(F)(F)F. The lowest BCUT2D eigenvalue weighted by Crippen LogP contribution is -2.45. The Morgan fingerprint density at radius 3 is 1.78 bits per heavy atom. The van der Waals surface area contributed by atoms with E-state index in [9.17, 15) is 22.5 Å². The summed E-state index contributed by atoms with van der Waals surface area (Å²) >= 11 is 0. The van der Waals surface area contributed by atoms with Crippen molar-refractivity contribution in [2.75, 3.05) is 6.54 Å². The van der Waals surface area contributed by atoms with Crippen molar-refractivity contribution in [2.24, 2.45) is 0 Å². The summed E-state index contributed by atoms with van der Waals surface area (Å²) in [7, 11) is -3.76. The molecule has 0 aromatic heterocycles. The largest absolute Gasteiger partial charge is 0.490 e. The van der Waals surface area contributed by atoms with Crippen molar-refractivity contribution < 1.29 is 41.5 Å². The first-order valence-electron chi connectivity index (χ1n) is 11.9. The van der Waals surface area contributed by atoms with Crippen LogP contribution < -0.4 is 19.7 Å². The van der Waals surface area contributed by atoms with E-state index in [-0.39, 0.29) is 11.9 Å². The third-order valence-corrected chi connectivity index (χ3v) is 7.58. The fourth-order valence-corrected chi connectivity index (χ4v) is 4.81. The Hall–Kier alpha value is -3.04. The molecule has 8 nitrogen and oxygen atoms in total. The lowest BCUT2D eigenvalue weighted by Gasteiger charge is -2.26. The van der Waals surface area contributed by atoms with E-state index in [0.29, 0.717) is 11.5 Å². The molecule has 1 aliphatic heterocycles. The number of carboxylic acids is 1. The highest BCUT2D eigenvalue weighted by atomic mass is 31.2. The third-order valence-electron chi connectivity index (χ3n) is 5.57. The molecule has 1 amide bonds. The molecule has 37 heavy (non-hydrogen) atoms. The highest BCUT2D eigenvalue weighted by molar-refractivity contribution is 7.55. The van der Waals surface area contributed by atoms with Crippen LogP contribution in [0, 0.1) is 0 Å². The monoisotopic (exact) mass is 544 g/mol. The minimum Gasteiger partial charge on any atom is -0.475 e. The summed E-state index contributed by atoms with van der Waals surface area (Å²) < 4.78 is 57.3. The molecule has 204 valence electrons. The van der Waals surface area contributed by atoms with Crippen LogP contribution in [-0.4, -0.2) is 41.5 Å². The molecule has 1 unspecified atom stereocenters. The molecular weight excluding hydrogens is 512 g/mol. The number of benzene rings is 2. The summed E-state index contributed by atoms with van der Waals surface area (Å²) in [4.78, 5) is 21.5. The van der Waals surface area contributed by atoms with Crippen molar-refractivity contribution in [3.8, 4) is 11.5 Å². The molecule has 0 bridgehead atoms. The number of aryl methyl sites for hydroxylation is 2. The lowest BCUT2D eigenvalue weighted by molar-refractivity contribution is -0.192. The van der Waals surface area contributed by atoms with Gasteiger partial charge in [0, 0.05) is 0 Å². The maximum atomic E-state index is 13.8. The number of halogens is 3. The molecule has 1 heterocycles. The molecular formula is C25H32F3N2O6P. The highest BCUT2D eigenvalue weighted by Crippen LogP contribution is 2.52. The second-order valence-corrected chi connectivity index (χ2v) is 10.6. The number of rotatable bonds is 9.